The van der Waals surface area contributed by atoms with E-state index in [4.69, 9.17) is 21.2 Å². The highest BCUT2D eigenvalue weighted by Crippen LogP contribution is 2.22. The van der Waals surface area contributed by atoms with Gasteiger partial charge in [-0.05, 0) is 12.1 Å². The number of imide groups is 1. The fraction of sp³-hybridized carbons (Fsp3) is 0.308. The molecule has 1 aromatic rings. The molecular weight excluding hydrogens is 286 g/mol. The maximum absolute atomic E-state index is 12.0. The number of nitrogens with zero attached hydrogens (tertiary/aromatic N) is 1. The van der Waals surface area contributed by atoms with E-state index in [-0.39, 0.29) is 23.6 Å². The molecule has 6 nitrogen and oxygen atoms in total. The molecule has 2 amide bonds. The summed E-state index contributed by atoms with van der Waals surface area (Å²) in [5.74, 6) is -1.59. The minimum absolute atomic E-state index is 0.00273. The van der Waals surface area contributed by atoms with Crippen LogP contribution in [0.15, 0.2) is 24.3 Å². The first kappa shape index (κ1) is 14.5. The van der Waals surface area contributed by atoms with Crippen LogP contribution in [0.25, 0.3) is 0 Å². The number of hydroxylamine groups is 2. The number of carbonyl (C=O) groups is 3. The highest BCUT2D eigenvalue weighted by molar-refractivity contribution is 6.20. The van der Waals surface area contributed by atoms with Gasteiger partial charge in [-0.1, -0.05) is 12.1 Å². The van der Waals surface area contributed by atoms with Crippen LogP contribution < -0.4 is 0 Å². The van der Waals surface area contributed by atoms with Gasteiger partial charge in [0.05, 0.1) is 17.0 Å². The maximum atomic E-state index is 12.0. The van der Waals surface area contributed by atoms with Crippen molar-refractivity contribution in [2.75, 3.05) is 12.5 Å². The molecule has 0 aromatic heterocycles. The van der Waals surface area contributed by atoms with Gasteiger partial charge in [0.25, 0.3) is 11.8 Å². The first-order chi connectivity index (χ1) is 9.54. The van der Waals surface area contributed by atoms with Gasteiger partial charge >= 0.3 is 5.97 Å². The Balaban J connectivity index is 2.03. The van der Waals surface area contributed by atoms with E-state index in [1.807, 2.05) is 0 Å². The van der Waals surface area contributed by atoms with Gasteiger partial charge in [-0.15, -0.1) is 16.7 Å². The van der Waals surface area contributed by atoms with Gasteiger partial charge in [-0.2, -0.15) is 0 Å². The molecule has 20 heavy (non-hydrogen) atoms. The molecule has 1 atom stereocenters. The number of halogens is 1. The Bertz CT molecular complexity index is 524. The molecule has 0 N–H and O–H groups in total. The second-order valence-corrected chi connectivity index (χ2v) is 4.44. The predicted molar refractivity (Wildman–Crippen MR) is 69.2 cm³/mol. The van der Waals surface area contributed by atoms with Crippen molar-refractivity contribution in [2.24, 2.45) is 0 Å². The Morgan fingerprint density at radius 2 is 1.80 bits per heavy atom. The zero-order chi connectivity index (χ0) is 14.7. The highest BCUT2D eigenvalue weighted by atomic mass is 35.5. The summed E-state index contributed by atoms with van der Waals surface area (Å²) in [7, 11) is 0. The molecule has 0 fully saturated rings. The molecule has 2 rings (SSSR count). The van der Waals surface area contributed by atoms with Crippen molar-refractivity contribution in [3.05, 3.63) is 35.4 Å². The van der Waals surface area contributed by atoms with Crippen molar-refractivity contribution in [1.82, 2.24) is 5.06 Å². The largest absolute Gasteiger partial charge is 0.459 e. The molecule has 0 aliphatic carbocycles. The zero-order valence-electron chi connectivity index (χ0n) is 10.7. The lowest BCUT2D eigenvalue weighted by Crippen LogP contribution is -2.35. The maximum Gasteiger partial charge on any atom is 0.303 e. The predicted octanol–water partition coefficient (Wildman–Crippen LogP) is 1.38. The smallest absolute Gasteiger partial charge is 0.303 e. The molecule has 0 saturated heterocycles. The fourth-order valence-electron chi connectivity index (χ4n) is 1.79. The monoisotopic (exact) mass is 297 g/mol. The highest BCUT2D eigenvalue weighted by Gasteiger charge is 2.37. The number of amides is 2. The third kappa shape index (κ3) is 2.81. The van der Waals surface area contributed by atoms with Gasteiger partial charge in [0.15, 0.2) is 0 Å². The molecular formula is C13H12ClNO5. The molecule has 1 aliphatic heterocycles. The first-order valence-electron chi connectivity index (χ1n) is 5.88. The average Bonchev–Trinajstić information content (AvgIpc) is 2.67. The third-order valence-electron chi connectivity index (χ3n) is 2.65. The van der Waals surface area contributed by atoms with E-state index in [0.717, 1.165) is 0 Å². The number of hydrogen-bond acceptors (Lipinski definition) is 5. The number of rotatable bonds is 5. The molecule has 1 aliphatic rings. The van der Waals surface area contributed by atoms with Gasteiger partial charge in [-0.25, -0.2) is 0 Å². The number of alkyl halides is 1. The van der Waals surface area contributed by atoms with Crippen LogP contribution in [-0.2, 0) is 14.4 Å². The molecule has 1 heterocycles. The van der Waals surface area contributed by atoms with Crippen LogP contribution in [0, 0.1) is 0 Å². The normalized spacial score (nSPS) is 15.2. The van der Waals surface area contributed by atoms with Crippen LogP contribution >= 0.6 is 11.6 Å². The molecule has 7 heteroatoms. The van der Waals surface area contributed by atoms with E-state index in [9.17, 15) is 14.4 Å². The molecule has 0 spiro atoms. The SMILES string of the molecule is CC(=O)O[C@@H](CCl)CON1C(=O)c2ccccc2C1=O. The van der Waals surface area contributed by atoms with Gasteiger partial charge in [0.1, 0.15) is 12.7 Å². The lowest BCUT2D eigenvalue weighted by Gasteiger charge is -2.18. The van der Waals surface area contributed by atoms with Crippen LogP contribution in [0.2, 0.25) is 0 Å². The molecule has 0 unspecified atom stereocenters. The van der Waals surface area contributed by atoms with Crippen molar-refractivity contribution in [2.45, 2.75) is 13.0 Å². The van der Waals surface area contributed by atoms with Crippen LogP contribution in [0.5, 0.6) is 0 Å². The number of hydrogen-bond donors (Lipinski definition) is 0. The molecule has 1 aromatic carbocycles. The summed E-state index contributed by atoms with van der Waals surface area (Å²) < 4.78 is 4.86. The summed E-state index contributed by atoms with van der Waals surface area (Å²) in [5, 5.41) is 0.660. The lowest BCUT2D eigenvalue weighted by molar-refractivity contribution is -0.156. The number of fused-ring (bicyclic) bond motifs is 1. The number of carbonyl (C=O) groups excluding carboxylic acids is 3. The van der Waals surface area contributed by atoms with E-state index in [1.165, 1.54) is 6.92 Å². The standard InChI is InChI=1S/C13H12ClNO5/c1-8(16)20-9(6-14)7-19-15-12(17)10-4-2-3-5-11(10)13(15)18/h2-5,9H,6-7H2,1H3/t9-/m0/s1. The Morgan fingerprint density at radius 1 is 1.25 bits per heavy atom. The Kier molecular flexibility index (Phi) is 4.36. The third-order valence-corrected chi connectivity index (χ3v) is 3.00. The summed E-state index contributed by atoms with van der Waals surface area (Å²) in [4.78, 5) is 39.9. The van der Waals surface area contributed by atoms with Crippen LogP contribution in [0.4, 0.5) is 0 Å². The summed E-state index contributed by atoms with van der Waals surface area (Å²) >= 11 is 5.61. The minimum atomic E-state index is -0.724. The number of benzene rings is 1. The fourth-order valence-corrected chi connectivity index (χ4v) is 1.94. The van der Waals surface area contributed by atoms with Crippen molar-refractivity contribution < 1.29 is 24.0 Å². The minimum Gasteiger partial charge on any atom is -0.459 e. The van der Waals surface area contributed by atoms with E-state index in [2.05, 4.69) is 0 Å². The quantitative estimate of drug-likeness (QED) is 0.466. The van der Waals surface area contributed by atoms with Crippen molar-refractivity contribution in [1.29, 1.82) is 0 Å². The van der Waals surface area contributed by atoms with Crippen LogP contribution in [0.1, 0.15) is 27.6 Å². The molecule has 0 bridgehead atoms. The topological polar surface area (TPSA) is 72.9 Å². The van der Waals surface area contributed by atoms with E-state index >= 15 is 0 Å². The molecule has 0 saturated carbocycles. The molecule has 106 valence electrons. The summed E-state index contributed by atoms with van der Waals surface area (Å²) in [6, 6.07) is 6.41. The van der Waals surface area contributed by atoms with Crippen LogP contribution in [0.3, 0.4) is 0 Å². The number of esters is 1. The Hall–Kier alpha value is -1.92. The van der Waals surface area contributed by atoms with Crippen molar-refractivity contribution in [3.63, 3.8) is 0 Å². The van der Waals surface area contributed by atoms with Crippen molar-refractivity contribution >= 4 is 29.4 Å². The molecule has 0 radical (unpaired) electrons. The van der Waals surface area contributed by atoms with Gasteiger partial charge in [0, 0.05) is 6.92 Å². The van der Waals surface area contributed by atoms with Gasteiger partial charge in [-0.3, -0.25) is 19.2 Å². The van der Waals surface area contributed by atoms with Gasteiger partial charge in [0.2, 0.25) is 0 Å². The zero-order valence-corrected chi connectivity index (χ0v) is 11.4. The second-order valence-electron chi connectivity index (χ2n) is 4.13. The van der Waals surface area contributed by atoms with E-state index in [1.54, 1.807) is 24.3 Å². The van der Waals surface area contributed by atoms with E-state index in [0.29, 0.717) is 5.06 Å². The second kappa shape index (κ2) is 6.02. The average molecular weight is 298 g/mol. The summed E-state index contributed by atoms with van der Waals surface area (Å²) in [6.07, 6.45) is -0.724. The lowest BCUT2D eigenvalue weighted by atomic mass is 10.1. The van der Waals surface area contributed by atoms with Crippen molar-refractivity contribution in [3.8, 4) is 0 Å². The Morgan fingerprint density at radius 3 is 2.25 bits per heavy atom. The first-order valence-corrected chi connectivity index (χ1v) is 6.42. The van der Waals surface area contributed by atoms with Gasteiger partial charge < -0.3 is 4.74 Å². The van der Waals surface area contributed by atoms with E-state index < -0.39 is 23.9 Å². The summed E-state index contributed by atoms with van der Waals surface area (Å²) in [5.41, 5.74) is 0.569. The van der Waals surface area contributed by atoms with Crippen LogP contribution in [-0.4, -0.2) is 41.4 Å². The Labute approximate surface area is 120 Å². The summed E-state index contributed by atoms with van der Waals surface area (Å²) in [6.45, 7) is 1.07. The number of ether oxygens (including phenoxy) is 1.